The van der Waals surface area contributed by atoms with Crippen LogP contribution in [0.2, 0.25) is 0 Å². The van der Waals surface area contributed by atoms with Gasteiger partial charge in [-0.3, -0.25) is 9.59 Å². The van der Waals surface area contributed by atoms with Crippen LogP contribution in [0.3, 0.4) is 0 Å². The quantitative estimate of drug-likeness (QED) is 0.833. The number of carbonyl (C=O) groups is 2. The number of hydrogen-bond donors (Lipinski definition) is 1. The molecular formula is C17H23NO5. The fourth-order valence-electron chi connectivity index (χ4n) is 2.49. The van der Waals surface area contributed by atoms with Gasteiger partial charge in [0.05, 0.1) is 12.5 Å². The average molecular weight is 321 g/mol. The molecule has 1 aliphatic heterocycles. The van der Waals surface area contributed by atoms with E-state index in [0.29, 0.717) is 31.7 Å². The van der Waals surface area contributed by atoms with Crippen molar-refractivity contribution in [2.75, 3.05) is 26.3 Å². The fraction of sp³-hybridized carbons (Fsp3) is 0.529. The molecule has 1 fully saturated rings. The van der Waals surface area contributed by atoms with E-state index in [4.69, 9.17) is 14.6 Å². The zero-order chi connectivity index (χ0) is 16.7. The lowest BCUT2D eigenvalue weighted by Crippen LogP contribution is -2.44. The highest BCUT2D eigenvalue weighted by molar-refractivity contribution is 5.79. The molecule has 0 aromatic heterocycles. The van der Waals surface area contributed by atoms with Crippen molar-refractivity contribution in [1.82, 2.24) is 4.90 Å². The van der Waals surface area contributed by atoms with E-state index in [1.54, 1.807) is 29.2 Å². The molecule has 1 amide bonds. The number of benzene rings is 1. The summed E-state index contributed by atoms with van der Waals surface area (Å²) in [7, 11) is 0. The maximum Gasteiger partial charge on any atom is 0.308 e. The highest BCUT2D eigenvalue weighted by Gasteiger charge is 2.28. The number of ether oxygens (including phenoxy) is 2. The van der Waals surface area contributed by atoms with E-state index in [0.717, 1.165) is 12.2 Å². The van der Waals surface area contributed by atoms with Crippen LogP contribution in [0.5, 0.6) is 11.5 Å². The maximum absolute atomic E-state index is 12.1. The Labute approximate surface area is 136 Å². The normalized spacial score (nSPS) is 17.6. The predicted molar refractivity (Wildman–Crippen MR) is 84.7 cm³/mol. The highest BCUT2D eigenvalue weighted by atomic mass is 16.5. The highest BCUT2D eigenvalue weighted by Crippen LogP contribution is 2.19. The third-order valence-electron chi connectivity index (χ3n) is 3.78. The molecule has 0 unspecified atom stereocenters. The molecule has 1 atom stereocenters. The molecule has 6 nitrogen and oxygen atoms in total. The summed E-state index contributed by atoms with van der Waals surface area (Å²) in [5, 5.41) is 9.05. The summed E-state index contributed by atoms with van der Waals surface area (Å²) in [6.45, 7) is 3.48. The second-order valence-electron chi connectivity index (χ2n) is 5.63. The van der Waals surface area contributed by atoms with Crippen LogP contribution in [0.15, 0.2) is 24.3 Å². The Morgan fingerprint density at radius 1 is 1.22 bits per heavy atom. The van der Waals surface area contributed by atoms with E-state index < -0.39 is 11.9 Å². The lowest BCUT2D eigenvalue weighted by Gasteiger charge is -2.30. The van der Waals surface area contributed by atoms with Crippen molar-refractivity contribution in [2.45, 2.75) is 26.2 Å². The van der Waals surface area contributed by atoms with E-state index in [-0.39, 0.29) is 19.1 Å². The van der Waals surface area contributed by atoms with Crippen LogP contribution in [-0.4, -0.2) is 48.2 Å². The van der Waals surface area contributed by atoms with Crippen LogP contribution in [0.1, 0.15) is 26.2 Å². The van der Waals surface area contributed by atoms with Crippen molar-refractivity contribution in [3.05, 3.63) is 24.3 Å². The molecule has 1 heterocycles. The van der Waals surface area contributed by atoms with Gasteiger partial charge in [0, 0.05) is 13.1 Å². The molecule has 0 radical (unpaired) electrons. The molecule has 1 aromatic rings. The number of carbonyl (C=O) groups excluding carboxylic acids is 1. The van der Waals surface area contributed by atoms with Gasteiger partial charge in [0.2, 0.25) is 0 Å². The number of hydrogen-bond acceptors (Lipinski definition) is 4. The number of likely N-dealkylation sites (tertiary alicyclic amines) is 1. The number of amides is 1. The molecule has 23 heavy (non-hydrogen) atoms. The van der Waals surface area contributed by atoms with Gasteiger partial charge in [-0.2, -0.15) is 0 Å². The third kappa shape index (κ3) is 5.16. The first-order valence-electron chi connectivity index (χ1n) is 7.96. The minimum absolute atomic E-state index is 0.0818. The van der Waals surface area contributed by atoms with Crippen LogP contribution in [0.25, 0.3) is 0 Å². The van der Waals surface area contributed by atoms with Gasteiger partial charge in [0.15, 0.2) is 6.61 Å². The summed E-state index contributed by atoms with van der Waals surface area (Å²) >= 11 is 0. The lowest BCUT2D eigenvalue weighted by molar-refractivity contribution is -0.146. The Kier molecular flexibility index (Phi) is 6.26. The number of carboxylic acids is 1. The molecule has 1 aliphatic rings. The number of carboxylic acid groups (broad SMARTS) is 1. The van der Waals surface area contributed by atoms with Gasteiger partial charge in [0.1, 0.15) is 11.5 Å². The van der Waals surface area contributed by atoms with Crippen LogP contribution in [0, 0.1) is 5.92 Å². The van der Waals surface area contributed by atoms with E-state index in [1.165, 1.54) is 0 Å². The standard InChI is InChI=1S/C17H23NO5/c1-2-10-22-14-5-7-15(8-6-14)23-12-16(19)18-9-3-4-13(11-18)17(20)21/h5-8,13H,2-4,9-12H2,1H3,(H,20,21)/t13-/m1/s1. The predicted octanol–water partition coefficient (Wildman–Crippen LogP) is 2.18. The molecule has 0 spiro atoms. The topological polar surface area (TPSA) is 76.1 Å². The van der Waals surface area contributed by atoms with Crippen molar-refractivity contribution >= 4 is 11.9 Å². The first-order chi connectivity index (χ1) is 11.1. The third-order valence-corrected chi connectivity index (χ3v) is 3.78. The summed E-state index contributed by atoms with van der Waals surface area (Å²) < 4.78 is 11.0. The zero-order valence-corrected chi connectivity index (χ0v) is 13.4. The minimum Gasteiger partial charge on any atom is -0.494 e. The van der Waals surface area contributed by atoms with Crippen LogP contribution < -0.4 is 9.47 Å². The van der Waals surface area contributed by atoms with E-state index >= 15 is 0 Å². The Morgan fingerprint density at radius 3 is 2.48 bits per heavy atom. The van der Waals surface area contributed by atoms with Gasteiger partial charge in [0.25, 0.3) is 5.91 Å². The van der Waals surface area contributed by atoms with Gasteiger partial charge in [-0.25, -0.2) is 0 Å². The summed E-state index contributed by atoms with van der Waals surface area (Å²) in [6, 6.07) is 7.12. The Morgan fingerprint density at radius 2 is 1.87 bits per heavy atom. The molecule has 0 aliphatic carbocycles. The SMILES string of the molecule is CCCOc1ccc(OCC(=O)N2CCC[C@@H](C(=O)O)C2)cc1. The second-order valence-corrected chi connectivity index (χ2v) is 5.63. The zero-order valence-electron chi connectivity index (χ0n) is 13.4. The first kappa shape index (κ1) is 17.1. The number of nitrogens with zero attached hydrogens (tertiary/aromatic N) is 1. The van der Waals surface area contributed by atoms with Crippen molar-refractivity contribution in [1.29, 1.82) is 0 Å². The van der Waals surface area contributed by atoms with Crippen LogP contribution >= 0.6 is 0 Å². The summed E-state index contributed by atoms with van der Waals surface area (Å²) in [5.74, 6) is -0.129. The molecular weight excluding hydrogens is 298 g/mol. The molecule has 1 saturated heterocycles. The van der Waals surface area contributed by atoms with E-state index in [1.807, 2.05) is 6.92 Å². The monoisotopic (exact) mass is 321 g/mol. The first-order valence-corrected chi connectivity index (χ1v) is 7.96. The Hall–Kier alpha value is -2.24. The van der Waals surface area contributed by atoms with Crippen molar-refractivity contribution in [2.24, 2.45) is 5.92 Å². The summed E-state index contributed by atoms with van der Waals surface area (Å²) in [6.07, 6.45) is 2.28. The molecule has 2 rings (SSSR count). The minimum atomic E-state index is -0.842. The molecule has 6 heteroatoms. The van der Waals surface area contributed by atoms with Crippen LogP contribution in [-0.2, 0) is 9.59 Å². The molecule has 1 aromatic carbocycles. The number of rotatable bonds is 7. The van der Waals surface area contributed by atoms with Gasteiger partial charge >= 0.3 is 5.97 Å². The van der Waals surface area contributed by atoms with Crippen LogP contribution in [0.4, 0.5) is 0 Å². The second kappa shape index (κ2) is 8.41. The Balaban J connectivity index is 1.80. The lowest BCUT2D eigenvalue weighted by atomic mass is 9.98. The van der Waals surface area contributed by atoms with Gasteiger partial charge in [-0.15, -0.1) is 0 Å². The van der Waals surface area contributed by atoms with E-state index in [9.17, 15) is 9.59 Å². The van der Waals surface area contributed by atoms with Crippen molar-refractivity contribution in [3.8, 4) is 11.5 Å². The summed E-state index contributed by atoms with van der Waals surface area (Å²) in [5.41, 5.74) is 0. The van der Waals surface area contributed by atoms with Gasteiger partial charge < -0.3 is 19.5 Å². The molecule has 126 valence electrons. The molecule has 1 N–H and O–H groups in total. The number of piperidine rings is 1. The fourth-order valence-corrected chi connectivity index (χ4v) is 2.49. The van der Waals surface area contributed by atoms with Crippen molar-refractivity contribution in [3.63, 3.8) is 0 Å². The molecule has 0 saturated carbocycles. The van der Waals surface area contributed by atoms with Gasteiger partial charge in [-0.05, 0) is 43.5 Å². The smallest absolute Gasteiger partial charge is 0.308 e. The van der Waals surface area contributed by atoms with Gasteiger partial charge in [-0.1, -0.05) is 6.92 Å². The maximum atomic E-state index is 12.1. The summed E-state index contributed by atoms with van der Waals surface area (Å²) in [4.78, 5) is 24.7. The largest absolute Gasteiger partial charge is 0.494 e. The van der Waals surface area contributed by atoms with Crippen molar-refractivity contribution < 1.29 is 24.2 Å². The Bertz CT molecular complexity index is 528. The average Bonchev–Trinajstić information content (AvgIpc) is 2.58. The molecule has 0 bridgehead atoms. The van der Waals surface area contributed by atoms with E-state index in [2.05, 4.69) is 0 Å². The number of aliphatic carboxylic acids is 1.